The van der Waals surface area contributed by atoms with E-state index in [1.807, 2.05) is 0 Å². The van der Waals surface area contributed by atoms with Crippen molar-refractivity contribution in [3.05, 3.63) is 0 Å². The van der Waals surface area contributed by atoms with Crippen LogP contribution in [0.2, 0.25) is 0 Å². The van der Waals surface area contributed by atoms with Crippen LogP contribution in [0, 0.1) is 0 Å². The topological polar surface area (TPSA) is 93.7 Å². The Labute approximate surface area is 144 Å². The number of amides is 2. The Bertz CT molecular complexity index is 329. The fraction of sp³-hybridized carbons (Fsp3) is 0.824. The zero-order valence-electron chi connectivity index (χ0n) is 15.0. The number of ether oxygens (including phenoxy) is 2. The Morgan fingerprint density at radius 2 is 1.29 bits per heavy atom. The molecule has 0 aromatic heterocycles. The van der Waals surface area contributed by atoms with E-state index in [4.69, 9.17) is 9.47 Å². The number of hydrogen-bond acceptors (Lipinski definition) is 5. The lowest BCUT2D eigenvalue weighted by Gasteiger charge is -2.06. The molecule has 0 bridgehead atoms. The van der Waals surface area contributed by atoms with Gasteiger partial charge in [-0.2, -0.15) is 0 Å². The van der Waals surface area contributed by atoms with E-state index in [2.05, 4.69) is 10.6 Å². The van der Waals surface area contributed by atoms with Crippen LogP contribution in [0.1, 0.15) is 65.2 Å². The molecule has 0 aromatic rings. The van der Waals surface area contributed by atoms with Crippen LogP contribution < -0.4 is 10.6 Å². The largest absolute Gasteiger partial charge is 0.466 e. The molecule has 2 amide bonds. The molecule has 0 aromatic carbocycles. The molecule has 7 nitrogen and oxygen atoms in total. The number of esters is 1. The number of nitrogens with one attached hydrogen (secondary N) is 2. The third-order valence-corrected chi connectivity index (χ3v) is 3.31. The first-order valence-corrected chi connectivity index (χ1v) is 8.93. The lowest BCUT2D eigenvalue weighted by atomic mass is 10.1. The van der Waals surface area contributed by atoms with Crippen LogP contribution in [0.5, 0.6) is 0 Å². The molecule has 0 unspecified atom stereocenters. The molecule has 0 heterocycles. The molecule has 2 N–H and O–H groups in total. The summed E-state index contributed by atoms with van der Waals surface area (Å²) in [6, 6.07) is 0. The van der Waals surface area contributed by atoms with E-state index >= 15 is 0 Å². The summed E-state index contributed by atoms with van der Waals surface area (Å²) in [6.07, 6.45) is 5.65. The van der Waals surface area contributed by atoms with E-state index in [0.29, 0.717) is 39.1 Å². The van der Waals surface area contributed by atoms with E-state index in [1.165, 1.54) is 0 Å². The molecular weight excluding hydrogens is 312 g/mol. The zero-order valence-corrected chi connectivity index (χ0v) is 15.0. The van der Waals surface area contributed by atoms with Crippen molar-refractivity contribution in [3.63, 3.8) is 0 Å². The molecule has 0 rings (SSSR count). The Morgan fingerprint density at radius 1 is 0.708 bits per heavy atom. The van der Waals surface area contributed by atoms with E-state index in [9.17, 15) is 14.4 Å². The molecular formula is C17H32N2O5. The molecule has 0 saturated carbocycles. The summed E-state index contributed by atoms with van der Waals surface area (Å²) in [5, 5.41) is 5.52. The highest BCUT2D eigenvalue weighted by Crippen LogP contribution is 2.02. The molecule has 7 heteroatoms. The van der Waals surface area contributed by atoms with Crippen LogP contribution in [0.15, 0.2) is 0 Å². The number of carbonyl (C=O) groups excluding carboxylic acids is 3. The zero-order chi connectivity index (χ0) is 18.0. The minimum absolute atomic E-state index is 0.0544. The van der Waals surface area contributed by atoms with Gasteiger partial charge in [-0.15, -0.1) is 0 Å². The maximum Gasteiger partial charge on any atom is 0.407 e. The van der Waals surface area contributed by atoms with Gasteiger partial charge in [0.15, 0.2) is 0 Å². The highest BCUT2D eigenvalue weighted by Gasteiger charge is 2.03. The van der Waals surface area contributed by atoms with Crippen LogP contribution in [-0.2, 0) is 19.1 Å². The van der Waals surface area contributed by atoms with Crippen LogP contribution in [0.4, 0.5) is 4.79 Å². The smallest absolute Gasteiger partial charge is 0.407 e. The van der Waals surface area contributed by atoms with Crippen LogP contribution >= 0.6 is 0 Å². The number of carbonyl (C=O) groups is 3. The van der Waals surface area contributed by atoms with E-state index in [0.717, 1.165) is 38.5 Å². The molecule has 0 spiro atoms. The third-order valence-electron chi connectivity index (χ3n) is 3.31. The Hall–Kier alpha value is -1.79. The molecule has 0 fully saturated rings. The van der Waals surface area contributed by atoms with Gasteiger partial charge in [-0.3, -0.25) is 9.59 Å². The minimum atomic E-state index is -0.391. The van der Waals surface area contributed by atoms with Gasteiger partial charge in [-0.25, -0.2) is 4.79 Å². The number of alkyl carbamates (subject to hydrolysis) is 1. The van der Waals surface area contributed by atoms with Crippen molar-refractivity contribution in [1.29, 1.82) is 0 Å². The molecule has 0 saturated heterocycles. The minimum Gasteiger partial charge on any atom is -0.466 e. The second-order valence-electron chi connectivity index (χ2n) is 5.42. The molecule has 24 heavy (non-hydrogen) atoms. The molecule has 0 atom stereocenters. The van der Waals surface area contributed by atoms with Crippen molar-refractivity contribution in [2.45, 2.75) is 65.2 Å². The Kier molecular flexibility index (Phi) is 14.9. The summed E-state index contributed by atoms with van der Waals surface area (Å²) >= 11 is 0. The highest BCUT2D eigenvalue weighted by molar-refractivity contribution is 5.75. The SMILES string of the molecule is CCOC(=O)CCCCCNC(=O)CCCCCNC(=O)OCC. The van der Waals surface area contributed by atoms with Crippen molar-refractivity contribution < 1.29 is 23.9 Å². The molecule has 0 aliphatic carbocycles. The summed E-state index contributed by atoms with van der Waals surface area (Å²) in [5.41, 5.74) is 0. The summed E-state index contributed by atoms with van der Waals surface area (Å²) in [4.78, 5) is 33.8. The van der Waals surface area contributed by atoms with Gasteiger partial charge in [0, 0.05) is 25.9 Å². The third kappa shape index (κ3) is 15.1. The van der Waals surface area contributed by atoms with Gasteiger partial charge in [0.2, 0.25) is 5.91 Å². The standard InChI is InChI=1S/C17H32N2O5/c1-3-23-16(21)12-8-6-9-13-18-15(20)11-7-5-10-14-19-17(22)24-4-2/h3-14H2,1-2H3,(H,18,20)(H,19,22). The van der Waals surface area contributed by atoms with Gasteiger partial charge in [0.05, 0.1) is 13.2 Å². The lowest BCUT2D eigenvalue weighted by molar-refractivity contribution is -0.143. The van der Waals surface area contributed by atoms with Crippen LogP contribution in [-0.4, -0.2) is 44.3 Å². The van der Waals surface area contributed by atoms with Crippen molar-refractivity contribution >= 4 is 18.0 Å². The first-order valence-electron chi connectivity index (χ1n) is 8.93. The van der Waals surface area contributed by atoms with Gasteiger partial charge in [-0.05, 0) is 39.5 Å². The van der Waals surface area contributed by atoms with Gasteiger partial charge in [0.1, 0.15) is 0 Å². The normalized spacial score (nSPS) is 10.1. The Balaban J connectivity index is 3.32. The quantitative estimate of drug-likeness (QED) is 0.373. The van der Waals surface area contributed by atoms with Crippen molar-refractivity contribution in [2.24, 2.45) is 0 Å². The summed E-state index contributed by atoms with van der Waals surface area (Å²) in [6.45, 7) is 5.57. The first kappa shape index (κ1) is 22.2. The van der Waals surface area contributed by atoms with Crippen molar-refractivity contribution in [2.75, 3.05) is 26.3 Å². The Morgan fingerprint density at radius 3 is 1.92 bits per heavy atom. The molecule has 0 aliphatic rings. The summed E-state index contributed by atoms with van der Waals surface area (Å²) in [7, 11) is 0. The molecule has 0 radical (unpaired) electrons. The summed E-state index contributed by atoms with van der Waals surface area (Å²) in [5.74, 6) is -0.0993. The van der Waals surface area contributed by atoms with E-state index in [-0.39, 0.29) is 11.9 Å². The monoisotopic (exact) mass is 344 g/mol. The van der Waals surface area contributed by atoms with Crippen LogP contribution in [0.25, 0.3) is 0 Å². The number of unbranched alkanes of at least 4 members (excludes halogenated alkanes) is 4. The van der Waals surface area contributed by atoms with Crippen molar-refractivity contribution in [3.8, 4) is 0 Å². The number of hydrogen-bond donors (Lipinski definition) is 2. The van der Waals surface area contributed by atoms with Gasteiger partial charge >= 0.3 is 12.1 Å². The highest BCUT2D eigenvalue weighted by atomic mass is 16.5. The molecule has 140 valence electrons. The fourth-order valence-corrected chi connectivity index (χ4v) is 2.08. The number of rotatable bonds is 14. The van der Waals surface area contributed by atoms with Gasteiger partial charge in [0.25, 0.3) is 0 Å². The van der Waals surface area contributed by atoms with Gasteiger partial charge in [-0.1, -0.05) is 12.8 Å². The predicted molar refractivity (Wildman–Crippen MR) is 91.6 cm³/mol. The average molecular weight is 344 g/mol. The predicted octanol–water partition coefficient (Wildman–Crippen LogP) is 2.53. The maximum atomic E-state index is 11.6. The van der Waals surface area contributed by atoms with E-state index < -0.39 is 6.09 Å². The van der Waals surface area contributed by atoms with Crippen LogP contribution in [0.3, 0.4) is 0 Å². The second-order valence-corrected chi connectivity index (χ2v) is 5.42. The first-order chi connectivity index (χ1) is 11.6. The second kappa shape index (κ2) is 16.1. The van der Waals surface area contributed by atoms with Gasteiger partial charge < -0.3 is 20.1 Å². The maximum absolute atomic E-state index is 11.6. The lowest BCUT2D eigenvalue weighted by Crippen LogP contribution is -2.25. The van der Waals surface area contributed by atoms with Crippen molar-refractivity contribution in [1.82, 2.24) is 10.6 Å². The summed E-state index contributed by atoms with van der Waals surface area (Å²) < 4.78 is 9.59. The van der Waals surface area contributed by atoms with E-state index in [1.54, 1.807) is 13.8 Å². The fourth-order valence-electron chi connectivity index (χ4n) is 2.08. The average Bonchev–Trinajstić information content (AvgIpc) is 2.54. The molecule has 0 aliphatic heterocycles.